The number of benzene rings is 2. The minimum absolute atomic E-state index is 0.0560. The lowest BCUT2D eigenvalue weighted by Crippen LogP contribution is -2.36. The van der Waals surface area contributed by atoms with E-state index in [0.29, 0.717) is 28.8 Å². The largest absolute Gasteiger partial charge is 0.399 e. The van der Waals surface area contributed by atoms with Gasteiger partial charge in [-0.15, -0.1) is 0 Å². The van der Waals surface area contributed by atoms with Crippen molar-refractivity contribution in [1.29, 1.82) is 0 Å². The summed E-state index contributed by atoms with van der Waals surface area (Å²) in [5.74, 6) is 0.0888. The molecule has 0 radical (unpaired) electrons. The quantitative estimate of drug-likeness (QED) is 0.684. The molecule has 23 heavy (non-hydrogen) atoms. The molecule has 2 aromatic carbocycles. The molecule has 4 rings (SSSR count). The summed E-state index contributed by atoms with van der Waals surface area (Å²) in [6.07, 6.45) is 2.53. The van der Waals surface area contributed by atoms with Crippen LogP contribution >= 0.6 is 0 Å². The number of ketones is 2. The third kappa shape index (κ3) is 2.31. The number of nitrogens with two attached hydrogens (primary N) is 1. The molecule has 0 unspecified atom stereocenters. The van der Waals surface area contributed by atoms with Gasteiger partial charge in [-0.05, 0) is 54.8 Å². The predicted molar refractivity (Wildman–Crippen MR) is 90.2 cm³/mol. The molecule has 0 atom stereocenters. The van der Waals surface area contributed by atoms with Crippen molar-refractivity contribution in [3.63, 3.8) is 0 Å². The summed E-state index contributed by atoms with van der Waals surface area (Å²) >= 11 is 0. The van der Waals surface area contributed by atoms with Gasteiger partial charge in [0.15, 0.2) is 11.6 Å². The molecule has 116 valence electrons. The van der Waals surface area contributed by atoms with Crippen molar-refractivity contribution in [1.82, 2.24) is 0 Å². The van der Waals surface area contributed by atoms with Crippen molar-refractivity contribution in [3.8, 4) is 0 Å². The fraction of sp³-hybridized carbons (Fsp3) is 0.263. The highest BCUT2D eigenvalue weighted by molar-refractivity contribution is 6.12. The lowest BCUT2D eigenvalue weighted by atomic mass is 9.87. The number of carbonyl (C=O) groups is 2. The first-order valence-electron chi connectivity index (χ1n) is 7.99. The van der Waals surface area contributed by atoms with E-state index in [0.717, 1.165) is 37.2 Å². The minimum Gasteiger partial charge on any atom is -0.399 e. The van der Waals surface area contributed by atoms with E-state index in [9.17, 15) is 9.59 Å². The molecule has 0 saturated heterocycles. The first-order valence-corrected chi connectivity index (χ1v) is 7.99. The summed E-state index contributed by atoms with van der Waals surface area (Å²) in [5, 5.41) is 0. The molecule has 0 spiro atoms. The van der Waals surface area contributed by atoms with E-state index in [-0.39, 0.29) is 11.6 Å². The Hall–Kier alpha value is -2.62. The summed E-state index contributed by atoms with van der Waals surface area (Å²) in [4.78, 5) is 27.4. The van der Waals surface area contributed by atoms with Gasteiger partial charge >= 0.3 is 0 Å². The number of hydrogen-bond donors (Lipinski definition) is 1. The Morgan fingerprint density at radius 3 is 2.57 bits per heavy atom. The number of hydrogen-bond acceptors (Lipinski definition) is 4. The summed E-state index contributed by atoms with van der Waals surface area (Å²) < 4.78 is 0. The smallest absolute Gasteiger partial charge is 0.193 e. The molecule has 0 amide bonds. The van der Waals surface area contributed by atoms with Crippen LogP contribution in [0.5, 0.6) is 0 Å². The Bertz CT molecular complexity index is 809. The van der Waals surface area contributed by atoms with Crippen molar-refractivity contribution in [2.45, 2.75) is 19.3 Å². The van der Waals surface area contributed by atoms with Crippen molar-refractivity contribution in [2.75, 3.05) is 23.7 Å². The third-order valence-corrected chi connectivity index (χ3v) is 4.72. The number of carbonyl (C=O) groups excluding carboxylic acids is 2. The number of nitrogen functional groups attached to an aromatic ring is 1. The Balaban J connectivity index is 1.81. The zero-order valence-electron chi connectivity index (χ0n) is 12.8. The van der Waals surface area contributed by atoms with Crippen molar-refractivity contribution < 1.29 is 9.59 Å². The Morgan fingerprint density at radius 2 is 1.78 bits per heavy atom. The van der Waals surface area contributed by atoms with Crippen LogP contribution in [0.2, 0.25) is 0 Å². The van der Waals surface area contributed by atoms with Gasteiger partial charge in [-0.3, -0.25) is 9.59 Å². The van der Waals surface area contributed by atoms with E-state index in [1.54, 1.807) is 30.3 Å². The molecule has 0 bridgehead atoms. The zero-order valence-corrected chi connectivity index (χ0v) is 12.8. The van der Waals surface area contributed by atoms with Gasteiger partial charge in [-0.2, -0.15) is 0 Å². The van der Waals surface area contributed by atoms with Gasteiger partial charge in [0.1, 0.15) is 0 Å². The van der Waals surface area contributed by atoms with Gasteiger partial charge in [0.2, 0.25) is 0 Å². The van der Waals surface area contributed by atoms with E-state index >= 15 is 0 Å². The maximum Gasteiger partial charge on any atom is 0.193 e. The number of anilines is 2. The SMILES string of the molecule is Nc1ccc(C(=O)c2cc3c4c(c2)C(=O)CCN4CCC3)cc1. The topological polar surface area (TPSA) is 63.4 Å². The number of rotatable bonds is 2. The van der Waals surface area contributed by atoms with Crippen LogP contribution in [0.3, 0.4) is 0 Å². The van der Waals surface area contributed by atoms with Gasteiger partial charge in [-0.1, -0.05) is 0 Å². The van der Waals surface area contributed by atoms with Gasteiger partial charge in [0, 0.05) is 41.9 Å². The molecule has 2 aliphatic rings. The number of Topliss-reactive ketones (excluding diaryl/α,β-unsaturated/α-hetero) is 1. The van der Waals surface area contributed by atoms with Crippen LogP contribution in [0, 0.1) is 0 Å². The number of nitrogens with zero attached hydrogens (tertiary/aromatic N) is 1. The van der Waals surface area contributed by atoms with E-state index in [2.05, 4.69) is 4.90 Å². The van der Waals surface area contributed by atoms with Crippen LogP contribution < -0.4 is 10.6 Å². The molecule has 0 fully saturated rings. The summed E-state index contributed by atoms with van der Waals surface area (Å²) in [7, 11) is 0. The highest BCUT2D eigenvalue weighted by Gasteiger charge is 2.29. The van der Waals surface area contributed by atoms with Gasteiger partial charge in [-0.25, -0.2) is 0 Å². The Labute approximate surface area is 134 Å². The summed E-state index contributed by atoms with van der Waals surface area (Å²) in [6, 6.07) is 10.7. The first kappa shape index (κ1) is 14.0. The Morgan fingerprint density at radius 1 is 1.00 bits per heavy atom. The lowest BCUT2D eigenvalue weighted by molar-refractivity contribution is 0.0979. The molecule has 0 aromatic heterocycles. The maximum absolute atomic E-state index is 12.8. The molecule has 0 saturated carbocycles. The first-order chi connectivity index (χ1) is 11.1. The molecule has 0 aliphatic carbocycles. The molecule has 4 heteroatoms. The number of aryl methyl sites for hydroxylation is 1. The van der Waals surface area contributed by atoms with E-state index in [4.69, 9.17) is 5.73 Å². The standard InChI is InChI=1S/C19H18N2O2/c20-15-5-3-12(4-6-15)19(23)14-10-13-2-1-8-21-9-7-17(22)16(11-14)18(13)21/h3-6,10-11H,1-2,7-9,20H2. The van der Waals surface area contributed by atoms with Crippen LogP contribution in [-0.4, -0.2) is 24.7 Å². The minimum atomic E-state index is -0.0560. The van der Waals surface area contributed by atoms with Crippen LogP contribution in [0.1, 0.15) is 44.7 Å². The monoisotopic (exact) mass is 306 g/mol. The van der Waals surface area contributed by atoms with Crippen molar-refractivity contribution in [2.24, 2.45) is 0 Å². The molecule has 2 aromatic rings. The summed E-state index contributed by atoms with van der Waals surface area (Å²) in [6.45, 7) is 1.79. The van der Waals surface area contributed by atoms with Gasteiger partial charge < -0.3 is 10.6 Å². The third-order valence-electron chi connectivity index (χ3n) is 4.72. The van der Waals surface area contributed by atoms with Crippen molar-refractivity contribution in [3.05, 3.63) is 58.7 Å². The van der Waals surface area contributed by atoms with Crippen LogP contribution in [0.15, 0.2) is 36.4 Å². The van der Waals surface area contributed by atoms with Crippen LogP contribution in [-0.2, 0) is 6.42 Å². The second-order valence-corrected chi connectivity index (χ2v) is 6.25. The molecule has 4 nitrogen and oxygen atoms in total. The lowest BCUT2D eigenvalue weighted by Gasteiger charge is -2.36. The highest BCUT2D eigenvalue weighted by atomic mass is 16.1. The summed E-state index contributed by atoms with van der Waals surface area (Å²) in [5.41, 5.74) is 10.4. The van der Waals surface area contributed by atoms with Crippen LogP contribution in [0.4, 0.5) is 11.4 Å². The molecular formula is C19H18N2O2. The average molecular weight is 306 g/mol. The predicted octanol–water partition coefficient (Wildman–Crippen LogP) is 2.84. The van der Waals surface area contributed by atoms with E-state index < -0.39 is 0 Å². The maximum atomic E-state index is 12.8. The fourth-order valence-electron chi connectivity index (χ4n) is 3.57. The molecule has 2 N–H and O–H groups in total. The second-order valence-electron chi connectivity index (χ2n) is 6.25. The second kappa shape index (κ2) is 5.23. The van der Waals surface area contributed by atoms with E-state index in [1.807, 2.05) is 6.07 Å². The average Bonchev–Trinajstić information content (AvgIpc) is 2.58. The van der Waals surface area contributed by atoms with Gasteiger partial charge in [0.05, 0.1) is 5.69 Å². The van der Waals surface area contributed by atoms with E-state index in [1.165, 1.54) is 0 Å². The molecule has 2 aliphatic heterocycles. The van der Waals surface area contributed by atoms with Gasteiger partial charge in [0.25, 0.3) is 0 Å². The molecular weight excluding hydrogens is 288 g/mol. The zero-order chi connectivity index (χ0) is 16.0. The Kier molecular flexibility index (Phi) is 3.18. The highest BCUT2D eigenvalue weighted by Crippen LogP contribution is 2.36. The normalized spacial score (nSPS) is 16.2. The fourth-order valence-corrected chi connectivity index (χ4v) is 3.57. The van der Waals surface area contributed by atoms with Crippen molar-refractivity contribution >= 4 is 22.9 Å². The molecule has 2 heterocycles. The van der Waals surface area contributed by atoms with Crippen LogP contribution in [0.25, 0.3) is 0 Å².